The Morgan fingerprint density at radius 1 is 0.723 bits per heavy atom. The number of nitriles is 1. The summed E-state index contributed by atoms with van der Waals surface area (Å²) in [5, 5.41) is 15.9. The number of nitrogens with one attached hydrogen (secondary N) is 4. The third kappa shape index (κ3) is 8.81. The number of piperidine rings is 1. The fraction of sp³-hybridized carbons (Fsp3) is 0.521. The summed E-state index contributed by atoms with van der Waals surface area (Å²) in [4.78, 5) is 73.8. The number of H-pyrrole nitrogens is 2. The number of aromatic amines is 2. The summed E-state index contributed by atoms with van der Waals surface area (Å²) >= 11 is 0. The molecular weight excluding hydrogens is 831 g/mol. The van der Waals surface area contributed by atoms with Crippen LogP contribution in [0.2, 0.25) is 0 Å². The molecule has 4 aliphatic heterocycles. The highest BCUT2D eigenvalue weighted by molar-refractivity contribution is 5.88. The number of fused-ring (bicyclic) bond motifs is 1. The summed E-state index contributed by atoms with van der Waals surface area (Å²) in [5.74, 6) is 1.39. The first-order valence-corrected chi connectivity index (χ1v) is 22.8. The first-order valence-electron chi connectivity index (χ1n) is 22.8. The molecule has 342 valence electrons. The lowest BCUT2D eigenvalue weighted by Crippen LogP contribution is -2.54. The van der Waals surface area contributed by atoms with Gasteiger partial charge in [0.05, 0.1) is 32.0 Å². The number of benzene rings is 2. The van der Waals surface area contributed by atoms with E-state index >= 15 is 0 Å². The molecule has 5 aliphatic rings. The molecule has 0 spiro atoms. The Bertz CT molecular complexity index is 2420. The molecule has 8 atom stereocenters. The number of hydrogen-bond acceptors (Lipinski definition) is 11. The monoisotopic (exact) mass is 887 g/mol. The minimum atomic E-state index is -0.782. The molecule has 65 heavy (non-hydrogen) atoms. The molecule has 4 amide bonds. The van der Waals surface area contributed by atoms with E-state index in [1.165, 1.54) is 14.2 Å². The van der Waals surface area contributed by atoms with Gasteiger partial charge in [0.25, 0.3) is 0 Å². The summed E-state index contributed by atoms with van der Waals surface area (Å²) in [6.45, 7) is 6.25. The average Bonchev–Trinajstić information content (AvgIpc) is 3.72. The summed E-state index contributed by atoms with van der Waals surface area (Å²) in [6, 6.07) is 16.2. The fourth-order valence-corrected chi connectivity index (χ4v) is 10.5. The van der Waals surface area contributed by atoms with Gasteiger partial charge in [-0.3, -0.25) is 9.59 Å². The van der Waals surface area contributed by atoms with Crippen LogP contribution in [-0.2, 0) is 28.5 Å². The lowest BCUT2D eigenvalue weighted by molar-refractivity contribution is -0.139. The van der Waals surface area contributed by atoms with Crippen LogP contribution in [0.5, 0.6) is 0 Å². The van der Waals surface area contributed by atoms with Gasteiger partial charge in [0.15, 0.2) is 0 Å². The van der Waals surface area contributed by atoms with Crippen molar-refractivity contribution < 1.29 is 38.1 Å². The van der Waals surface area contributed by atoms with Crippen LogP contribution in [-0.4, -0.2) is 119 Å². The van der Waals surface area contributed by atoms with Crippen molar-refractivity contribution in [3.8, 4) is 39.7 Å². The van der Waals surface area contributed by atoms with E-state index in [1.807, 2.05) is 71.5 Å². The number of ether oxygens (including phenoxy) is 4. The van der Waals surface area contributed by atoms with E-state index in [4.69, 9.17) is 28.9 Å². The standard InChI is InChI=1S/C48H57N9O8/c1-26-21-38(56(27(26)2)45(58)41(54-47(60)62-3)32-13-17-64-18-14-32)44-51-35(24-49)40(53-44)31-11-7-29(8-12-31)28-5-9-30(10-6-28)36-25-50-43(52-36)39-23-34-22-37(34)57(39)46(59)42(55-48(61)63-4)33-15-19-65-20-16-33/h5-12,25-27,32-34,37-39,41-42H,13-23H2,1-4H3,(H,50,52)(H,51,53)(H,54,60)(H,55,61)/t26-,27?,34-,37-,38+,39+,41+,42+/m1/s1. The highest BCUT2D eigenvalue weighted by Gasteiger charge is 2.57. The lowest BCUT2D eigenvalue weighted by Gasteiger charge is -2.36. The molecule has 6 heterocycles. The molecule has 4 saturated heterocycles. The van der Waals surface area contributed by atoms with Crippen molar-refractivity contribution in [3.63, 3.8) is 0 Å². The molecule has 2 aromatic heterocycles. The molecule has 0 bridgehead atoms. The molecule has 5 fully saturated rings. The third-order valence-electron chi connectivity index (χ3n) is 14.5. The van der Waals surface area contributed by atoms with Crippen molar-refractivity contribution in [3.05, 3.63) is 72.1 Å². The topological polar surface area (TPSA) is 217 Å². The van der Waals surface area contributed by atoms with Crippen LogP contribution in [0, 0.1) is 35.0 Å². The number of aromatic nitrogens is 4. The molecule has 17 nitrogen and oxygen atoms in total. The second-order valence-electron chi connectivity index (χ2n) is 18.2. The predicted octanol–water partition coefficient (Wildman–Crippen LogP) is 6.27. The Labute approximate surface area is 377 Å². The smallest absolute Gasteiger partial charge is 0.407 e. The molecule has 4 N–H and O–H groups in total. The Morgan fingerprint density at radius 2 is 1.25 bits per heavy atom. The Balaban J connectivity index is 0.895. The third-order valence-corrected chi connectivity index (χ3v) is 14.5. The van der Waals surface area contributed by atoms with E-state index < -0.39 is 30.3 Å². The molecule has 1 unspecified atom stereocenters. The van der Waals surface area contributed by atoms with Gasteiger partial charge in [0.2, 0.25) is 11.8 Å². The maximum atomic E-state index is 14.4. The average molecular weight is 888 g/mol. The summed E-state index contributed by atoms with van der Waals surface area (Å²) in [7, 11) is 2.60. The fourth-order valence-electron chi connectivity index (χ4n) is 10.5. The van der Waals surface area contributed by atoms with Gasteiger partial charge in [-0.2, -0.15) is 5.26 Å². The van der Waals surface area contributed by atoms with Crippen LogP contribution < -0.4 is 10.6 Å². The SMILES string of the molecule is COC(=O)N[C@H](C(=O)N1C(C)[C@H](C)C[C@H]1c1nc(-c2ccc(-c3ccc(-c4c[nH]c([C@@H]5C[C@H]6C[C@H]6N5C(=O)[C@@H](NC(=O)OC)C5CCOCC5)n4)cc3)cc2)c(C#N)[nH]1)C1CCOCC1. The second-order valence-corrected chi connectivity index (χ2v) is 18.2. The van der Waals surface area contributed by atoms with E-state index in [1.54, 1.807) is 0 Å². The van der Waals surface area contributed by atoms with Crippen molar-refractivity contribution in [1.29, 1.82) is 5.26 Å². The van der Waals surface area contributed by atoms with Crippen LogP contribution in [0.3, 0.4) is 0 Å². The van der Waals surface area contributed by atoms with Gasteiger partial charge in [-0.1, -0.05) is 55.5 Å². The number of carbonyl (C=O) groups excluding carboxylic acids is 4. The predicted molar refractivity (Wildman–Crippen MR) is 236 cm³/mol. The van der Waals surface area contributed by atoms with Gasteiger partial charge in [-0.25, -0.2) is 19.6 Å². The first-order chi connectivity index (χ1) is 31.6. The highest BCUT2D eigenvalue weighted by Crippen LogP contribution is 2.53. The van der Waals surface area contributed by atoms with Crippen LogP contribution in [0.15, 0.2) is 54.7 Å². The quantitative estimate of drug-likeness (QED) is 0.132. The van der Waals surface area contributed by atoms with E-state index in [-0.39, 0.29) is 47.7 Å². The largest absolute Gasteiger partial charge is 0.453 e. The highest BCUT2D eigenvalue weighted by atomic mass is 16.5. The Morgan fingerprint density at radius 3 is 1.80 bits per heavy atom. The Kier molecular flexibility index (Phi) is 12.6. The van der Waals surface area contributed by atoms with Crippen LogP contribution in [0.1, 0.15) is 88.2 Å². The first kappa shape index (κ1) is 44.0. The van der Waals surface area contributed by atoms with Crippen molar-refractivity contribution in [2.45, 2.75) is 95.0 Å². The molecule has 0 radical (unpaired) electrons. The zero-order chi connectivity index (χ0) is 45.4. The summed E-state index contributed by atoms with van der Waals surface area (Å²) in [5.41, 5.74) is 5.23. The lowest BCUT2D eigenvalue weighted by atomic mass is 9.90. The molecule has 9 rings (SSSR count). The van der Waals surface area contributed by atoms with Crippen LogP contribution >= 0.6 is 0 Å². The summed E-state index contributed by atoms with van der Waals surface area (Å²) < 4.78 is 20.9. The number of hydrogen-bond donors (Lipinski definition) is 4. The van der Waals surface area contributed by atoms with Gasteiger partial charge in [-0.05, 0) is 86.7 Å². The van der Waals surface area contributed by atoms with E-state index in [2.05, 4.69) is 33.6 Å². The van der Waals surface area contributed by atoms with Gasteiger partial charge >= 0.3 is 12.2 Å². The summed E-state index contributed by atoms with van der Waals surface area (Å²) in [6.07, 6.45) is 5.68. The molecular formula is C48H57N9O8. The normalized spacial score (nSPS) is 25.3. The van der Waals surface area contributed by atoms with Crippen LogP contribution in [0.25, 0.3) is 33.6 Å². The van der Waals surface area contributed by atoms with Gasteiger partial charge < -0.3 is 49.3 Å². The number of rotatable bonds is 11. The van der Waals surface area contributed by atoms with E-state index in [0.717, 1.165) is 46.6 Å². The molecule has 4 aromatic rings. The number of amides is 4. The number of carbonyl (C=O) groups is 4. The number of alkyl carbamates (subject to hydrolysis) is 2. The molecule has 1 saturated carbocycles. The van der Waals surface area contributed by atoms with E-state index in [9.17, 15) is 24.4 Å². The van der Waals surface area contributed by atoms with Gasteiger partial charge in [0.1, 0.15) is 41.2 Å². The zero-order valence-corrected chi connectivity index (χ0v) is 37.2. The minimum absolute atomic E-state index is 0.0376. The van der Waals surface area contributed by atoms with Crippen molar-refractivity contribution in [2.75, 3.05) is 40.6 Å². The van der Waals surface area contributed by atoms with Gasteiger partial charge in [0, 0.05) is 55.8 Å². The maximum absolute atomic E-state index is 14.4. The number of methoxy groups -OCH3 is 2. The molecule has 17 heteroatoms. The van der Waals surface area contributed by atoms with Crippen molar-refractivity contribution >= 4 is 24.0 Å². The number of likely N-dealkylation sites (tertiary alicyclic amines) is 2. The zero-order valence-electron chi connectivity index (χ0n) is 37.2. The number of nitrogens with zero attached hydrogens (tertiary/aromatic N) is 5. The van der Waals surface area contributed by atoms with Gasteiger partial charge in [-0.15, -0.1) is 0 Å². The molecule has 1 aliphatic carbocycles. The van der Waals surface area contributed by atoms with Crippen molar-refractivity contribution in [1.82, 2.24) is 40.4 Å². The molecule has 2 aromatic carbocycles. The number of imidazole rings is 2. The maximum Gasteiger partial charge on any atom is 0.407 e. The minimum Gasteiger partial charge on any atom is -0.453 e. The Hall–Kier alpha value is -6.25. The van der Waals surface area contributed by atoms with Crippen LogP contribution in [0.4, 0.5) is 9.59 Å². The van der Waals surface area contributed by atoms with E-state index in [0.29, 0.717) is 81.7 Å². The van der Waals surface area contributed by atoms with Crippen molar-refractivity contribution in [2.24, 2.45) is 23.7 Å². The second kappa shape index (κ2) is 18.7.